The second-order valence-electron chi connectivity index (χ2n) is 3.37. The highest BCUT2D eigenvalue weighted by Gasteiger charge is 2.05. The average Bonchev–Trinajstić information content (AvgIpc) is 2.08. The molecule has 0 bridgehead atoms. The molecular formula is C11H17N. The molecule has 0 fully saturated rings. The molecule has 1 aromatic rings. The first-order valence-electron chi connectivity index (χ1n) is 4.48. The van der Waals surface area contributed by atoms with Gasteiger partial charge in [-0.2, -0.15) is 0 Å². The molecule has 1 rings (SSSR count). The van der Waals surface area contributed by atoms with Gasteiger partial charge in [-0.25, -0.2) is 0 Å². The Morgan fingerprint density at radius 2 is 2.00 bits per heavy atom. The van der Waals surface area contributed by atoms with Crippen LogP contribution in [0.1, 0.15) is 36.1 Å². The third-order valence-corrected chi connectivity index (χ3v) is 2.27. The zero-order chi connectivity index (χ0) is 9.14. The summed E-state index contributed by atoms with van der Waals surface area (Å²) in [7, 11) is 0. The smallest absolute Gasteiger partial charge is 0.0294 e. The Hall–Kier alpha value is -0.820. The van der Waals surface area contributed by atoms with E-state index in [1.54, 1.807) is 0 Å². The van der Waals surface area contributed by atoms with Crippen LogP contribution in [0, 0.1) is 13.8 Å². The van der Waals surface area contributed by atoms with Gasteiger partial charge in [-0.15, -0.1) is 0 Å². The maximum Gasteiger partial charge on any atom is 0.0294 e. The molecule has 0 radical (unpaired) electrons. The lowest BCUT2D eigenvalue weighted by molar-refractivity contribution is 0.693. The van der Waals surface area contributed by atoms with Crippen molar-refractivity contribution in [3.8, 4) is 0 Å². The van der Waals surface area contributed by atoms with Crippen molar-refractivity contribution in [3.63, 3.8) is 0 Å². The van der Waals surface area contributed by atoms with Crippen molar-refractivity contribution >= 4 is 0 Å². The first-order valence-corrected chi connectivity index (χ1v) is 4.48. The van der Waals surface area contributed by atoms with Crippen LogP contribution in [0.4, 0.5) is 0 Å². The summed E-state index contributed by atoms with van der Waals surface area (Å²) in [5, 5.41) is 0. The van der Waals surface area contributed by atoms with Crippen molar-refractivity contribution < 1.29 is 0 Å². The summed E-state index contributed by atoms with van der Waals surface area (Å²) in [5.41, 5.74) is 9.85. The molecule has 1 nitrogen and oxygen atoms in total. The zero-order valence-electron chi connectivity index (χ0n) is 8.09. The summed E-state index contributed by atoms with van der Waals surface area (Å²) in [6.45, 7) is 6.34. The molecule has 0 aliphatic heterocycles. The molecular weight excluding hydrogens is 146 g/mol. The molecule has 0 saturated heterocycles. The van der Waals surface area contributed by atoms with E-state index in [1.165, 1.54) is 16.7 Å². The largest absolute Gasteiger partial charge is 0.324 e. The van der Waals surface area contributed by atoms with Gasteiger partial charge < -0.3 is 5.73 Å². The van der Waals surface area contributed by atoms with E-state index in [1.807, 2.05) is 0 Å². The lowest BCUT2D eigenvalue weighted by Crippen LogP contribution is -2.10. The van der Waals surface area contributed by atoms with Gasteiger partial charge in [0, 0.05) is 6.04 Å². The highest BCUT2D eigenvalue weighted by molar-refractivity contribution is 5.32. The number of nitrogens with two attached hydrogens (primary N) is 1. The van der Waals surface area contributed by atoms with Crippen LogP contribution in [0.25, 0.3) is 0 Å². The molecule has 12 heavy (non-hydrogen) atoms. The van der Waals surface area contributed by atoms with Crippen molar-refractivity contribution in [2.24, 2.45) is 5.73 Å². The Labute approximate surface area is 74.6 Å². The van der Waals surface area contributed by atoms with Crippen LogP contribution in [0.2, 0.25) is 0 Å². The van der Waals surface area contributed by atoms with E-state index in [4.69, 9.17) is 5.73 Å². The minimum Gasteiger partial charge on any atom is -0.324 e. The number of hydrogen-bond donors (Lipinski definition) is 1. The quantitative estimate of drug-likeness (QED) is 0.712. The SMILES string of the molecule is CC[C@H](N)c1cc(C)ccc1C. The van der Waals surface area contributed by atoms with Gasteiger partial charge in [0.1, 0.15) is 0 Å². The van der Waals surface area contributed by atoms with Crippen molar-refractivity contribution in [2.45, 2.75) is 33.2 Å². The van der Waals surface area contributed by atoms with E-state index in [0.29, 0.717) is 0 Å². The number of benzene rings is 1. The van der Waals surface area contributed by atoms with Gasteiger partial charge in [0.05, 0.1) is 0 Å². The zero-order valence-corrected chi connectivity index (χ0v) is 8.09. The van der Waals surface area contributed by atoms with E-state index in [9.17, 15) is 0 Å². The summed E-state index contributed by atoms with van der Waals surface area (Å²) in [6.07, 6.45) is 1.00. The van der Waals surface area contributed by atoms with Crippen LogP contribution in [-0.4, -0.2) is 0 Å². The van der Waals surface area contributed by atoms with Crippen LogP contribution in [0.5, 0.6) is 0 Å². The molecule has 2 N–H and O–H groups in total. The predicted octanol–water partition coefficient (Wildman–Crippen LogP) is 2.71. The fourth-order valence-corrected chi connectivity index (χ4v) is 1.38. The normalized spacial score (nSPS) is 13.0. The van der Waals surface area contributed by atoms with Crippen molar-refractivity contribution in [3.05, 3.63) is 34.9 Å². The Morgan fingerprint density at radius 3 is 2.58 bits per heavy atom. The van der Waals surface area contributed by atoms with Gasteiger partial charge in [0.2, 0.25) is 0 Å². The van der Waals surface area contributed by atoms with E-state index >= 15 is 0 Å². The van der Waals surface area contributed by atoms with Crippen LogP contribution < -0.4 is 5.73 Å². The monoisotopic (exact) mass is 163 g/mol. The third-order valence-electron chi connectivity index (χ3n) is 2.27. The highest BCUT2D eigenvalue weighted by Crippen LogP contribution is 2.19. The minimum absolute atomic E-state index is 0.199. The summed E-state index contributed by atoms with van der Waals surface area (Å²) in [4.78, 5) is 0. The molecule has 0 amide bonds. The van der Waals surface area contributed by atoms with Crippen molar-refractivity contribution in [2.75, 3.05) is 0 Å². The molecule has 0 aliphatic carbocycles. The molecule has 66 valence electrons. The molecule has 1 heteroatoms. The maximum atomic E-state index is 5.96. The van der Waals surface area contributed by atoms with E-state index in [-0.39, 0.29) is 6.04 Å². The van der Waals surface area contributed by atoms with Gasteiger partial charge in [0.25, 0.3) is 0 Å². The van der Waals surface area contributed by atoms with Gasteiger partial charge in [-0.05, 0) is 31.4 Å². The molecule has 1 atom stereocenters. The lowest BCUT2D eigenvalue weighted by Gasteiger charge is -2.12. The topological polar surface area (TPSA) is 26.0 Å². The van der Waals surface area contributed by atoms with Gasteiger partial charge in [-0.3, -0.25) is 0 Å². The first kappa shape index (κ1) is 9.27. The van der Waals surface area contributed by atoms with Crippen molar-refractivity contribution in [1.82, 2.24) is 0 Å². The molecule has 1 aromatic carbocycles. The third kappa shape index (κ3) is 1.86. The molecule has 0 aliphatic rings. The Morgan fingerprint density at radius 1 is 1.33 bits per heavy atom. The fraction of sp³-hybridized carbons (Fsp3) is 0.455. The van der Waals surface area contributed by atoms with Crippen molar-refractivity contribution in [1.29, 1.82) is 0 Å². The molecule has 0 heterocycles. The molecule has 0 saturated carbocycles. The predicted molar refractivity (Wildman–Crippen MR) is 53.1 cm³/mol. The average molecular weight is 163 g/mol. The Balaban J connectivity index is 3.04. The van der Waals surface area contributed by atoms with Crippen LogP contribution >= 0.6 is 0 Å². The summed E-state index contributed by atoms with van der Waals surface area (Å²) < 4.78 is 0. The Kier molecular flexibility index (Phi) is 2.88. The Bertz CT molecular complexity index is 266. The van der Waals surface area contributed by atoms with Gasteiger partial charge in [0.15, 0.2) is 0 Å². The summed E-state index contributed by atoms with van der Waals surface area (Å²) in [6, 6.07) is 6.65. The van der Waals surface area contributed by atoms with Crippen LogP contribution in [0.3, 0.4) is 0 Å². The van der Waals surface area contributed by atoms with E-state index in [0.717, 1.165) is 6.42 Å². The van der Waals surface area contributed by atoms with E-state index in [2.05, 4.69) is 39.0 Å². The van der Waals surface area contributed by atoms with Gasteiger partial charge in [-0.1, -0.05) is 30.7 Å². The summed E-state index contributed by atoms with van der Waals surface area (Å²) >= 11 is 0. The molecule has 0 spiro atoms. The standard InChI is InChI=1S/C11H17N/c1-4-11(12)10-7-8(2)5-6-9(10)3/h5-7,11H,4,12H2,1-3H3/t11-/m0/s1. The van der Waals surface area contributed by atoms with Crippen LogP contribution in [0.15, 0.2) is 18.2 Å². The number of hydrogen-bond acceptors (Lipinski definition) is 1. The second-order valence-corrected chi connectivity index (χ2v) is 3.37. The molecule has 0 aromatic heterocycles. The number of rotatable bonds is 2. The first-order chi connectivity index (χ1) is 5.65. The van der Waals surface area contributed by atoms with Crippen LogP contribution in [-0.2, 0) is 0 Å². The number of aryl methyl sites for hydroxylation is 2. The summed E-state index contributed by atoms with van der Waals surface area (Å²) in [5.74, 6) is 0. The second kappa shape index (κ2) is 3.72. The van der Waals surface area contributed by atoms with Gasteiger partial charge >= 0.3 is 0 Å². The minimum atomic E-state index is 0.199. The fourth-order valence-electron chi connectivity index (χ4n) is 1.38. The molecule has 0 unspecified atom stereocenters. The maximum absolute atomic E-state index is 5.96. The lowest BCUT2D eigenvalue weighted by atomic mass is 9.98. The van der Waals surface area contributed by atoms with E-state index < -0.39 is 0 Å². The highest BCUT2D eigenvalue weighted by atomic mass is 14.6.